The van der Waals surface area contributed by atoms with E-state index in [4.69, 9.17) is 11.6 Å². The molecule has 0 saturated heterocycles. The molecule has 0 aliphatic rings. The first-order chi connectivity index (χ1) is 8.54. The zero-order valence-corrected chi connectivity index (χ0v) is 13.4. The van der Waals surface area contributed by atoms with E-state index >= 15 is 0 Å². The summed E-state index contributed by atoms with van der Waals surface area (Å²) in [6.07, 6.45) is 2.44. The number of alkyl halides is 1. The third-order valence-electron chi connectivity index (χ3n) is 2.97. The molecule has 100 valence electrons. The van der Waals surface area contributed by atoms with E-state index in [1.165, 1.54) is 0 Å². The Morgan fingerprint density at radius 2 is 2.00 bits per heavy atom. The van der Waals surface area contributed by atoms with Crippen LogP contribution in [0.15, 0.2) is 12.1 Å². The Kier molecular flexibility index (Phi) is 6.16. The highest BCUT2D eigenvalue weighted by Gasteiger charge is 2.17. The van der Waals surface area contributed by atoms with Crippen LogP contribution in [0.3, 0.4) is 0 Å². The second kappa shape index (κ2) is 7.15. The summed E-state index contributed by atoms with van der Waals surface area (Å²) in [6, 6.07) is 3.88. The fourth-order valence-electron chi connectivity index (χ4n) is 1.85. The van der Waals surface area contributed by atoms with Gasteiger partial charge >= 0.3 is 0 Å². The van der Waals surface area contributed by atoms with E-state index in [1.807, 2.05) is 26.0 Å². The first-order valence-electron chi connectivity index (χ1n) is 6.30. The molecule has 18 heavy (non-hydrogen) atoms. The van der Waals surface area contributed by atoms with Crippen molar-refractivity contribution in [3.63, 3.8) is 0 Å². The van der Waals surface area contributed by atoms with Crippen LogP contribution in [-0.2, 0) is 17.6 Å². The molecule has 0 spiro atoms. The minimum atomic E-state index is -0.161. The van der Waals surface area contributed by atoms with Crippen LogP contribution in [0.5, 0.6) is 0 Å². The predicted molar refractivity (Wildman–Crippen MR) is 81.8 cm³/mol. The van der Waals surface area contributed by atoms with Crippen molar-refractivity contribution < 1.29 is 4.79 Å². The van der Waals surface area contributed by atoms with E-state index in [-0.39, 0.29) is 10.7 Å². The van der Waals surface area contributed by atoms with Crippen LogP contribution in [0, 0.1) is 0 Å². The van der Waals surface area contributed by atoms with Gasteiger partial charge in [0.05, 0.1) is 4.83 Å². The third kappa shape index (κ3) is 3.48. The second-order valence-electron chi connectivity index (χ2n) is 4.13. The maximum absolute atomic E-state index is 12.0. The van der Waals surface area contributed by atoms with Crippen molar-refractivity contribution in [2.24, 2.45) is 0 Å². The molecular weight excluding hydrogens is 314 g/mol. The molecule has 0 aliphatic heterocycles. The number of amides is 1. The summed E-state index contributed by atoms with van der Waals surface area (Å²) in [5.41, 5.74) is 3.02. The van der Waals surface area contributed by atoms with Gasteiger partial charge in [-0.2, -0.15) is 0 Å². The van der Waals surface area contributed by atoms with E-state index in [9.17, 15) is 4.79 Å². The standard InChI is InChI=1S/C14H19BrClNO/c1-4-9-7-8-12(16)10(5-2)13(9)17-14(18)11(15)6-3/h7-8,11H,4-6H2,1-3H3,(H,17,18). The minimum Gasteiger partial charge on any atom is -0.325 e. The minimum absolute atomic E-state index is 0.0100. The quantitative estimate of drug-likeness (QED) is 0.786. The van der Waals surface area contributed by atoms with Gasteiger partial charge in [-0.25, -0.2) is 0 Å². The molecule has 0 radical (unpaired) electrons. The number of carbonyl (C=O) groups excluding carboxylic acids is 1. The number of hydrogen-bond donors (Lipinski definition) is 1. The largest absolute Gasteiger partial charge is 0.325 e. The maximum atomic E-state index is 12.0. The van der Waals surface area contributed by atoms with Crippen LogP contribution in [-0.4, -0.2) is 10.7 Å². The molecule has 1 N–H and O–H groups in total. The lowest BCUT2D eigenvalue weighted by Gasteiger charge is -2.17. The summed E-state index contributed by atoms with van der Waals surface area (Å²) in [7, 11) is 0. The van der Waals surface area contributed by atoms with Gasteiger partial charge in [-0.3, -0.25) is 4.79 Å². The van der Waals surface area contributed by atoms with Gasteiger partial charge in [0.1, 0.15) is 0 Å². The smallest absolute Gasteiger partial charge is 0.238 e. The van der Waals surface area contributed by atoms with Gasteiger partial charge in [-0.1, -0.05) is 54.4 Å². The average molecular weight is 333 g/mol. The summed E-state index contributed by atoms with van der Waals surface area (Å²) in [5.74, 6) is -0.0100. The molecule has 0 aliphatic carbocycles. The Labute approximate surface area is 122 Å². The molecule has 1 aromatic rings. The number of anilines is 1. The van der Waals surface area contributed by atoms with Crippen molar-refractivity contribution in [2.45, 2.75) is 44.9 Å². The molecule has 4 heteroatoms. The van der Waals surface area contributed by atoms with Gasteiger partial charge in [0, 0.05) is 10.7 Å². The number of halogens is 2. The predicted octanol–water partition coefficient (Wildman–Crippen LogP) is 4.58. The molecule has 0 heterocycles. The summed E-state index contributed by atoms with van der Waals surface area (Å²) in [4.78, 5) is 11.8. The monoisotopic (exact) mass is 331 g/mol. The maximum Gasteiger partial charge on any atom is 0.238 e. The van der Waals surface area contributed by atoms with Crippen molar-refractivity contribution in [1.29, 1.82) is 0 Å². The number of rotatable bonds is 5. The normalized spacial score (nSPS) is 12.3. The Morgan fingerprint density at radius 1 is 1.33 bits per heavy atom. The highest BCUT2D eigenvalue weighted by Crippen LogP contribution is 2.30. The fourth-order valence-corrected chi connectivity index (χ4v) is 2.26. The van der Waals surface area contributed by atoms with E-state index in [0.717, 1.165) is 36.1 Å². The SMILES string of the molecule is CCc1ccc(Cl)c(CC)c1NC(=O)C(Br)CC. The van der Waals surface area contributed by atoms with E-state index in [0.29, 0.717) is 5.02 Å². The number of nitrogens with one attached hydrogen (secondary N) is 1. The highest BCUT2D eigenvalue weighted by molar-refractivity contribution is 9.10. The Balaban J connectivity index is 3.12. The zero-order valence-electron chi connectivity index (χ0n) is 11.0. The van der Waals surface area contributed by atoms with Crippen LogP contribution in [0.1, 0.15) is 38.3 Å². The number of carbonyl (C=O) groups is 1. The van der Waals surface area contributed by atoms with Crippen LogP contribution in [0.4, 0.5) is 5.69 Å². The first-order valence-corrected chi connectivity index (χ1v) is 7.59. The molecule has 0 aromatic heterocycles. The van der Waals surface area contributed by atoms with Crippen molar-refractivity contribution in [3.8, 4) is 0 Å². The third-order valence-corrected chi connectivity index (χ3v) is 4.39. The lowest BCUT2D eigenvalue weighted by molar-refractivity contribution is -0.115. The molecule has 0 bridgehead atoms. The summed E-state index contributed by atoms with van der Waals surface area (Å²) >= 11 is 9.56. The summed E-state index contributed by atoms with van der Waals surface area (Å²) < 4.78 is 0. The fraction of sp³-hybridized carbons (Fsp3) is 0.500. The van der Waals surface area contributed by atoms with Crippen LogP contribution in [0.2, 0.25) is 5.02 Å². The Bertz CT molecular complexity index is 434. The molecule has 0 saturated carbocycles. The molecule has 1 atom stereocenters. The van der Waals surface area contributed by atoms with Gasteiger partial charge in [0.2, 0.25) is 5.91 Å². The Hall–Kier alpha value is -0.540. The average Bonchev–Trinajstić information content (AvgIpc) is 2.38. The zero-order chi connectivity index (χ0) is 13.7. The molecule has 0 fully saturated rings. The number of aryl methyl sites for hydroxylation is 1. The second-order valence-corrected chi connectivity index (χ2v) is 5.64. The molecule has 1 amide bonds. The van der Waals surface area contributed by atoms with Crippen LogP contribution >= 0.6 is 27.5 Å². The summed E-state index contributed by atoms with van der Waals surface area (Å²) in [5, 5.41) is 3.72. The summed E-state index contributed by atoms with van der Waals surface area (Å²) in [6.45, 7) is 6.09. The molecule has 1 rings (SSSR count). The van der Waals surface area contributed by atoms with Crippen LogP contribution < -0.4 is 5.32 Å². The van der Waals surface area contributed by atoms with Gasteiger partial charge < -0.3 is 5.32 Å². The highest BCUT2D eigenvalue weighted by atomic mass is 79.9. The lowest BCUT2D eigenvalue weighted by atomic mass is 10.0. The lowest BCUT2D eigenvalue weighted by Crippen LogP contribution is -2.23. The van der Waals surface area contributed by atoms with Crippen molar-refractivity contribution in [1.82, 2.24) is 0 Å². The van der Waals surface area contributed by atoms with E-state index < -0.39 is 0 Å². The topological polar surface area (TPSA) is 29.1 Å². The number of hydrogen-bond acceptors (Lipinski definition) is 1. The first kappa shape index (κ1) is 15.5. The van der Waals surface area contributed by atoms with Crippen molar-refractivity contribution in [2.75, 3.05) is 5.32 Å². The van der Waals surface area contributed by atoms with Gasteiger partial charge in [0.25, 0.3) is 0 Å². The number of benzene rings is 1. The van der Waals surface area contributed by atoms with Gasteiger partial charge in [-0.05, 0) is 36.5 Å². The van der Waals surface area contributed by atoms with Crippen molar-refractivity contribution in [3.05, 3.63) is 28.3 Å². The molecule has 1 aromatic carbocycles. The van der Waals surface area contributed by atoms with Crippen molar-refractivity contribution >= 4 is 39.1 Å². The van der Waals surface area contributed by atoms with E-state index in [1.54, 1.807) is 0 Å². The molecule has 1 unspecified atom stereocenters. The van der Waals surface area contributed by atoms with Gasteiger partial charge in [0.15, 0.2) is 0 Å². The van der Waals surface area contributed by atoms with E-state index in [2.05, 4.69) is 28.2 Å². The molecule has 2 nitrogen and oxygen atoms in total. The van der Waals surface area contributed by atoms with Gasteiger partial charge in [-0.15, -0.1) is 0 Å². The molecular formula is C14H19BrClNO. The van der Waals surface area contributed by atoms with Crippen LogP contribution in [0.25, 0.3) is 0 Å². The Morgan fingerprint density at radius 3 is 2.50 bits per heavy atom.